The van der Waals surface area contributed by atoms with Gasteiger partial charge in [0.05, 0.1) is 17.7 Å². The average Bonchev–Trinajstić information content (AvgIpc) is 2.99. The fourth-order valence-electron chi connectivity index (χ4n) is 3.62. The zero-order valence-corrected chi connectivity index (χ0v) is 16.2. The third-order valence-electron chi connectivity index (χ3n) is 5.18. The van der Waals surface area contributed by atoms with Crippen molar-refractivity contribution in [1.29, 1.82) is 5.26 Å². The minimum atomic E-state index is -0.145. The number of carbonyl (C=O) groups excluding carboxylic acids is 1. The van der Waals surface area contributed by atoms with Crippen LogP contribution < -0.4 is 5.32 Å². The van der Waals surface area contributed by atoms with E-state index >= 15 is 0 Å². The molecule has 1 fully saturated rings. The summed E-state index contributed by atoms with van der Waals surface area (Å²) in [6.07, 6.45) is 7.18. The van der Waals surface area contributed by atoms with Gasteiger partial charge in [-0.25, -0.2) is 4.98 Å². The van der Waals surface area contributed by atoms with Gasteiger partial charge in [-0.1, -0.05) is 25.7 Å². The normalized spacial score (nSPS) is 15.0. The van der Waals surface area contributed by atoms with Gasteiger partial charge in [0.2, 0.25) is 11.8 Å². The Morgan fingerprint density at radius 1 is 1.14 bits per heavy atom. The highest BCUT2D eigenvalue weighted by Crippen LogP contribution is 2.26. The summed E-state index contributed by atoms with van der Waals surface area (Å²) in [7, 11) is 0. The Hall–Kier alpha value is -3.17. The van der Waals surface area contributed by atoms with E-state index in [1.807, 2.05) is 24.3 Å². The second-order valence-corrected chi connectivity index (χ2v) is 7.36. The number of aromatic nitrogens is 1. The second-order valence-electron chi connectivity index (χ2n) is 7.36. The molecule has 1 aliphatic carbocycles. The molecule has 3 aromatic rings. The number of oxazole rings is 1. The van der Waals surface area contributed by atoms with Crippen molar-refractivity contribution in [2.75, 3.05) is 11.9 Å². The molecular weight excluding hydrogens is 366 g/mol. The van der Waals surface area contributed by atoms with Crippen molar-refractivity contribution in [3.8, 4) is 17.5 Å². The Morgan fingerprint density at radius 3 is 2.62 bits per heavy atom. The van der Waals surface area contributed by atoms with Crippen LogP contribution in [0.25, 0.3) is 22.6 Å². The highest BCUT2D eigenvalue weighted by atomic mass is 16.5. The van der Waals surface area contributed by atoms with Crippen LogP contribution in [0.3, 0.4) is 0 Å². The predicted molar refractivity (Wildman–Crippen MR) is 110 cm³/mol. The summed E-state index contributed by atoms with van der Waals surface area (Å²) in [4.78, 5) is 16.6. The van der Waals surface area contributed by atoms with Crippen LogP contribution in [0.15, 0.2) is 46.9 Å². The summed E-state index contributed by atoms with van der Waals surface area (Å²) in [6, 6.07) is 14.6. The van der Waals surface area contributed by atoms with Crippen LogP contribution >= 0.6 is 0 Å². The van der Waals surface area contributed by atoms with Gasteiger partial charge in [-0.2, -0.15) is 5.26 Å². The van der Waals surface area contributed by atoms with Crippen molar-refractivity contribution in [2.45, 2.75) is 44.6 Å². The second kappa shape index (κ2) is 8.89. The van der Waals surface area contributed by atoms with E-state index in [0.717, 1.165) is 18.4 Å². The molecule has 0 saturated heterocycles. The molecule has 1 saturated carbocycles. The number of nitrogens with zero attached hydrogens (tertiary/aromatic N) is 2. The Morgan fingerprint density at radius 2 is 1.90 bits per heavy atom. The summed E-state index contributed by atoms with van der Waals surface area (Å²) < 4.78 is 11.5. The van der Waals surface area contributed by atoms with Crippen molar-refractivity contribution in [3.05, 3.63) is 48.0 Å². The first-order valence-electron chi connectivity index (χ1n) is 10.0. The smallest absolute Gasteiger partial charge is 0.250 e. The molecule has 1 heterocycles. The fraction of sp³-hybridized carbons (Fsp3) is 0.348. The molecule has 0 spiro atoms. The van der Waals surface area contributed by atoms with E-state index in [1.54, 1.807) is 18.2 Å². The standard InChI is InChI=1S/C23H23N3O3/c24-14-16-7-12-21-20(13-16)26-23(29-21)17-8-10-18(11-9-17)25-22(27)15-28-19-5-3-1-2-4-6-19/h7-13,19H,1-6,15H2,(H,25,27). The molecule has 1 aliphatic rings. The van der Waals surface area contributed by atoms with Crippen LogP contribution in [0.5, 0.6) is 0 Å². The van der Waals surface area contributed by atoms with Gasteiger partial charge in [-0.3, -0.25) is 4.79 Å². The van der Waals surface area contributed by atoms with Gasteiger partial charge < -0.3 is 14.5 Å². The maximum atomic E-state index is 12.2. The van der Waals surface area contributed by atoms with Crippen LogP contribution in [0.2, 0.25) is 0 Å². The van der Waals surface area contributed by atoms with Gasteiger partial charge in [-0.05, 0) is 55.3 Å². The molecule has 0 unspecified atom stereocenters. The Labute approximate surface area is 169 Å². The van der Waals surface area contributed by atoms with Crippen LogP contribution in [-0.2, 0) is 9.53 Å². The molecule has 0 radical (unpaired) electrons. The van der Waals surface area contributed by atoms with Gasteiger partial charge in [0.25, 0.3) is 0 Å². The lowest BCUT2D eigenvalue weighted by Gasteiger charge is -2.15. The molecule has 1 N–H and O–H groups in total. The number of benzene rings is 2. The number of carbonyl (C=O) groups is 1. The molecule has 0 atom stereocenters. The lowest BCUT2D eigenvalue weighted by Crippen LogP contribution is -2.23. The van der Waals surface area contributed by atoms with Crippen molar-refractivity contribution >= 4 is 22.7 Å². The summed E-state index contributed by atoms with van der Waals surface area (Å²) >= 11 is 0. The molecule has 6 heteroatoms. The Bertz CT molecular complexity index is 1030. The molecule has 0 aliphatic heterocycles. The SMILES string of the molecule is N#Cc1ccc2oc(-c3ccc(NC(=O)COC4CCCCCC4)cc3)nc2c1. The monoisotopic (exact) mass is 389 g/mol. The molecule has 148 valence electrons. The van der Waals surface area contributed by atoms with Gasteiger partial charge in [0.15, 0.2) is 5.58 Å². The first kappa shape index (κ1) is 19.2. The fourth-order valence-corrected chi connectivity index (χ4v) is 3.62. The Kier molecular flexibility index (Phi) is 5.87. The molecule has 2 aromatic carbocycles. The van der Waals surface area contributed by atoms with E-state index < -0.39 is 0 Å². The van der Waals surface area contributed by atoms with Crippen LogP contribution in [0.1, 0.15) is 44.1 Å². The molecule has 6 nitrogen and oxygen atoms in total. The minimum absolute atomic E-state index is 0.0821. The first-order chi connectivity index (χ1) is 14.2. The number of hydrogen-bond donors (Lipinski definition) is 1. The number of amides is 1. The van der Waals surface area contributed by atoms with Crippen LogP contribution in [0.4, 0.5) is 5.69 Å². The number of fused-ring (bicyclic) bond motifs is 1. The van der Waals surface area contributed by atoms with E-state index in [-0.39, 0.29) is 18.6 Å². The summed E-state index contributed by atoms with van der Waals surface area (Å²) in [5.41, 5.74) is 3.32. The van der Waals surface area contributed by atoms with Crippen molar-refractivity contribution < 1.29 is 13.9 Å². The van der Waals surface area contributed by atoms with Crippen LogP contribution in [-0.4, -0.2) is 23.6 Å². The van der Waals surface area contributed by atoms with E-state index in [1.165, 1.54) is 25.7 Å². The van der Waals surface area contributed by atoms with Gasteiger partial charge >= 0.3 is 0 Å². The molecule has 29 heavy (non-hydrogen) atoms. The summed E-state index contributed by atoms with van der Waals surface area (Å²) in [6.45, 7) is 0.0821. The number of hydrogen-bond acceptors (Lipinski definition) is 5. The quantitative estimate of drug-likeness (QED) is 0.617. The summed E-state index contributed by atoms with van der Waals surface area (Å²) in [5.74, 6) is 0.331. The highest BCUT2D eigenvalue weighted by Gasteiger charge is 2.14. The topological polar surface area (TPSA) is 88.2 Å². The molecule has 4 rings (SSSR count). The van der Waals surface area contributed by atoms with Crippen molar-refractivity contribution in [1.82, 2.24) is 4.98 Å². The van der Waals surface area contributed by atoms with Crippen molar-refractivity contribution in [3.63, 3.8) is 0 Å². The lowest BCUT2D eigenvalue weighted by atomic mass is 10.1. The largest absolute Gasteiger partial charge is 0.436 e. The minimum Gasteiger partial charge on any atom is -0.436 e. The Balaban J connectivity index is 1.36. The highest BCUT2D eigenvalue weighted by molar-refractivity contribution is 5.92. The third-order valence-corrected chi connectivity index (χ3v) is 5.18. The predicted octanol–water partition coefficient (Wildman–Crippen LogP) is 5.04. The van der Waals surface area contributed by atoms with E-state index in [9.17, 15) is 4.79 Å². The van der Waals surface area contributed by atoms with Gasteiger partial charge in [-0.15, -0.1) is 0 Å². The number of anilines is 1. The zero-order chi connectivity index (χ0) is 20.1. The number of nitriles is 1. The molecule has 0 bridgehead atoms. The zero-order valence-electron chi connectivity index (χ0n) is 16.2. The molecule has 1 amide bonds. The number of nitrogens with one attached hydrogen (secondary N) is 1. The van der Waals surface area contributed by atoms with Gasteiger partial charge in [0.1, 0.15) is 12.1 Å². The van der Waals surface area contributed by atoms with Crippen LogP contribution in [0, 0.1) is 11.3 Å². The van der Waals surface area contributed by atoms with E-state index in [2.05, 4.69) is 16.4 Å². The lowest BCUT2D eigenvalue weighted by molar-refractivity contribution is -0.122. The third kappa shape index (κ3) is 4.82. The first-order valence-corrected chi connectivity index (χ1v) is 10.0. The maximum absolute atomic E-state index is 12.2. The maximum Gasteiger partial charge on any atom is 0.250 e. The number of rotatable bonds is 5. The van der Waals surface area contributed by atoms with E-state index in [4.69, 9.17) is 14.4 Å². The van der Waals surface area contributed by atoms with Crippen molar-refractivity contribution in [2.24, 2.45) is 0 Å². The van der Waals surface area contributed by atoms with Gasteiger partial charge in [0, 0.05) is 11.3 Å². The average molecular weight is 389 g/mol. The summed E-state index contributed by atoms with van der Waals surface area (Å²) in [5, 5.41) is 11.9. The number of ether oxygens (including phenoxy) is 1. The van der Waals surface area contributed by atoms with E-state index in [0.29, 0.717) is 28.2 Å². The molecule has 1 aromatic heterocycles. The molecular formula is C23H23N3O3.